The predicted octanol–water partition coefficient (Wildman–Crippen LogP) is 2.94. The third-order valence-electron chi connectivity index (χ3n) is 4.18. The summed E-state index contributed by atoms with van der Waals surface area (Å²) in [4.78, 5) is 37.8. The third-order valence-corrected chi connectivity index (χ3v) is 4.67. The number of fused-ring (bicyclic) bond motifs is 1. The van der Waals surface area contributed by atoms with Crippen molar-refractivity contribution < 1.29 is 19.1 Å². The molecule has 0 radical (unpaired) electrons. The summed E-state index contributed by atoms with van der Waals surface area (Å²) in [5.41, 5.74) is 1.72. The number of ether oxygens (including phenoxy) is 1. The van der Waals surface area contributed by atoms with E-state index in [1.54, 1.807) is 18.2 Å². The van der Waals surface area contributed by atoms with Gasteiger partial charge in [-0.05, 0) is 37.3 Å². The van der Waals surface area contributed by atoms with Gasteiger partial charge in [-0.3, -0.25) is 19.3 Å². The van der Waals surface area contributed by atoms with E-state index in [1.807, 2.05) is 31.2 Å². The predicted molar refractivity (Wildman–Crippen MR) is 104 cm³/mol. The first-order valence-electron chi connectivity index (χ1n) is 8.57. The van der Waals surface area contributed by atoms with E-state index in [9.17, 15) is 14.4 Å². The van der Waals surface area contributed by atoms with Crippen molar-refractivity contribution in [3.8, 4) is 5.75 Å². The summed E-state index contributed by atoms with van der Waals surface area (Å²) in [5.74, 6) is -0.217. The van der Waals surface area contributed by atoms with Crippen LogP contribution in [-0.2, 0) is 4.79 Å². The quantitative estimate of drug-likeness (QED) is 0.541. The summed E-state index contributed by atoms with van der Waals surface area (Å²) in [5, 5.41) is 2.73. The lowest BCUT2D eigenvalue weighted by atomic mass is 10.1. The van der Waals surface area contributed by atoms with Crippen molar-refractivity contribution in [3.05, 3.63) is 63.6 Å². The Bertz CT molecular complexity index is 897. The molecule has 0 atom stereocenters. The average molecular weight is 431 g/mol. The molecule has 0 unspecified atom stereocenters. The fraction of sp³-hybridized carbons (Fsp3) is 0.250. The van der Waals surface area contributed by atoms with Gasteiger partial charge in [0.2, 0.25) is 5.91 Å². The summed E-state index contributed by atoms with van der Waals surface area (Å²) in [6.45, 7) is 2.59. The fourth-order valence-corrected chi connectivity index (χ4v) is 3.20. The summed E-state index contributed by atoms with van der Waals surface area (Å²) < 4.78 is 6.46. The molecule has 0 spiro atoms. The minimum atomic E-state index is -0.346. The standard InChI is InChI=1S/C20H19BrN2O4/c1-13-5-6-16-17(11-13)20(26)23(19(16)25)9-7-18(24)22-8-10-27-15-4-2-3-14(21)12-15/h2-6,11-12H,7-10H2,1H3,(H,22,24). The Kier molecular flexibility index (Phi) is 5.91. The van der Waals surface area contributed by atoms with Crippen LogP contribution < -0.4 is 10.1 Å². The van der Waals surface area contributed by atoms with Crippen LogP contribution in [0.2, 0.25) is 0 Å². The number of aryl methyl sites for hydroxylation is 1. The number of benzene rings is 2. The van der Waals surface area contributed by atoms with E-state index >= 15 is 0 Å². The summed E-state index contributed by atoms with van der Waals surface area (Å²) in [6, 6.07) is 12.6. The number of carbonyl (C=O) groups is 3. The smallest absolute Gasteiger partial charge is 0.261 e. The van der Waals surface area contributed by atoms with E-state index in [4.69, 9.17) is 4.74 Å². The zero-order valence-electron chi connectivity index (χ0n) is 14.8. The van der Waals surface area contributed by atoms with Crippen molar-refractivity contribution in [1.29, 1.82) is 0 Å². The number of nitrogens with zero attached hydrogens (tertiary/aromatic N) is 1. The summed E-state index contributed by atoms with van der Waals surface area (Å²) >= 11 is 3.36. The van der Waals surface area contributed by atoms with Crippen molar-refractivity contribution in [2.45, 2.75) is 13.3 Å². The Morgan fingerprint density at radius 3 is 2.67 bits per heavy atom. The van der Waals surface area contributed by atoms with Gasteiger partial charge in [0.05, 0.1) is 17.7 Å². The maximum atomic E-state index is 12.4. The van der Waals surface area contributed by atoms with Crippen molar-refractivity contribution in [2.75, 3.05) is 19.7 Å². The number of hydrogen-bond donors (Lipinski definition) is 1. The van der Waals surface area contributed by atoms with Crippen molar-refractivity contribution in [3.63, 3.8) is 0 Å². The Morgan fingerprint density at radius 2 is 1.89 bits per heavy atom. The van der Waals surface area contributed by atoms with Crippen LogP contribution in [0.3, 0.4) is 0 Å². The highest BCUT2D eigenvalue weighted by Crippen LogP contribution is 2.24. The van der Waals surface area contributed by atoms with Gasteiger partial charge in [0.25, 0.3) is 11.8 Å². The molecule has 0 saturated carbocycles. The van der Waals surface area contributed by atoms with Crippen LogP contribution in [0.4, 0.5) is 0 Å². The van der Waals surface area contributed by atoms with E-state index in [-0.39, 0.29) is 30.7 Å². The minimum absolute atomic E-state index is 0.0569. The molecule has 1 heterocycles. The van der Waals surface area contributed by atoms with Gasteiger partial charge in [-0.1, -0.05) is 33.6 Å². The van der Waals surface area contributed by atoms with E-state index in [2.05, 4.69) is 21.2 Å². The monoisotopic (exact) mass is 430 g/mol. The average Bonchev–Trinajstić information content (AvgIpc) is 2.87. The first-order chi connectivity index (χ1) is 13.0. The van der Waals surface area contributed by atoms with Crippen molar-refractivity contribution in [2.24, 2.45) is 0 Å². The second kappa shape index (κ2) is 8.35. The topological polar surface area (TPSA) is 75.7 Å². The number of rotatable bonds is 7. The zero-order valence-corrected chi connectivity index (χ0v) is 16.4. The van der Waals surface area contributed by atoms with Crippen LogP contribution >= 0.6 is 15.9 Å². The van der Waals surface area contributed by atoms with Crippen LogP contribution in [0.15, 0.2) is 46.9 Å². The zero-order chi connectivity index (χ0) is 19.4. The molecule has 0 bridgehead atoms. The van der Waals surface area contributed by atoms with Crippen LogP contribution in [0.1, 0.15) is 32.7 Å². The summed E-state index contributed by atoms with van der Waals surface area (Å²) in [7, 11) is 0. The van der Waals surface area contributed by atoms with E-state index in [0.717, 1.165) is 14.9 Å². The van der Waals surface area contributed by atoms with Crippen LogP contribution in [0.5, 0.6) is 5.75 Å². The number of amides is 3. The van der Waals surface area contributed by atoms with Crippen LogP contribution in [0.25, 0.3) is 0 Å². The number of imide groups is 1. The first kappa shape index (κ1) is 19.1. The molecule has 2 aromatic carbocycles. The second-order valence-corrected chi connectivity index (χ2v) is 7.13. The molecule has 1 aliphatic rings. The molecular weight excluding hydrogens is 412 g/mol. The fourth-order valence-electron chi connectivity index (χ4n) is 2.83. The number of halogens is 1. The molecule has 0 fully saturated rings. The lowest BCUT2D eigenvalue weighted by Crippen LogP contribution is -2.35. The summed E-state index contributed by atoms with van der Waals surface area (Å²) in [6.07, 6.45) is 0.0569. The maximum absolute atomic E-state index is 12.4. The number of nitrogens with one attached hydrogen (secondary N) is 1. The third kappa shape index (κ3) is 4.54. The first-order valence-corrected chi connectivity index (χ1v) is 9.37. The van der Waals surface area contributed by atoms with Gasteiger partial charge < -0.3 is 10.1 Å². The molecule has 2 aromatic rings. The highest BCUT2D eigenvalue weighted by molar-refractivity contribution is 9.10. The van der Waals surface area contributed by atoms with Gasteiger partial charge in [0, 0.05) is 17.4 Å². The number of carbonyl (C=O) groups excluding carboxylic acids is 3. The van der Waals surface area contributed by atoms with Gasteiger partial charge >= 0.3 is 0 Å². The molecule has 6 nitrogen and oxygen atoms in total. The van der Waals surface area contributed by atoms with Gasteiger partial charge in [-0.2, -0.15) is 0 Å². The minimum Gasteiger partial charge on any atom is -0.492 e. The largest absolute Gasteiger partial charge is 0.492 e. The van der Waals surface area contributed by atoms with E-state index in [0.29, 0.717) is 30.0 Å². The molecule has 3 amide bonds. The Morgan fingerprint density at radius 1 is 1.11 bits per heavy atom. The molecule has 140 valence electrons. The molecule has 0 aliphatic carbocycles. The molecule has 1 N–H and O–H groups in total. The van der Waals surface area contributed by atoms with Crippen molar-refractivity contribution in [1.82, 2.24) is 10.2 Å². The maximum Gasteiger partial charge on any atom is 0.261 e. The van der Waals surface area contributed by atoms with E-state index < -0.39 is 0 Å². The van der Waals surface area contributed by atoms with Gasteiger partial charge in [-0.15, -0.1) is 0 Å². The van der Waals surface area contributed by atoms with Gasteiger partial charge in [-0.25, -0.2) is 0 Å². The molecule has 3 rings (SSSR count). The molecule has 0 saturated heterocycles. The van der Waals surface area contributed by atoms with Crippen LogP contribution in [0, 0.1) is 6.92 Å². The normalized spacial score (nSPS) is 12.9. The SMILES string of the molecule is Cc1ccc2c(c1)C(=O)N(CCC(=O)NCCOc1cccc(Br)c1)C2=O. The number of hydrogen-bond acceptors (Lipinski definition) is 4. The van der Waals surface area contributed by atoms with E-state index in [1.165, 1.54) is 0 Å². The van der Waals surface area contributed by atoms with Crippen LogP contribution in [-0.4, -0.2) is 42.3 Å². The molecule has 1 aliphatic heterocycles. The molecular formula is C20H19BrN2O4. The Balaban J connectivity index is 1.43. The highest BCUT2D eigenvalue weighted by Gasteiger charge is 2.35. The second-order valence-electron chi connectivity index (χ2n) is 6.22. The highest BCUT2D eigenvalue weighted by atomic mass is 79.9. The van der Waals surface area contributed by atoms with Gasteiger partial charge in [0.1, 0.15) is 12.4 Å². The van der Waals surface area contributed by atoms with Gasteiger partial charge in [0.15, 0.2) is 0 Å². The molecule has 7 heteroatoms. The lowest BCUT2D eigenvalue weighted by Gasteiger charge is -2.13. The Labute approximate surface area is 165 Å². The Hall–Kier alpha value is -2.67. The molecule has 0 aromatic heterocycles. The molecule has 27 heavy (non-hydrogen) atoms. The lowest BCUT2D eigenvalue weighted by molar-refractivity contribution is -0.121. The van der Waals surface area contributed by atoms with Crippen molar-refractivity contribution >= 4 is 33.7 Å².